The highest BCUT2D eigenvalue weighted by atomic mass is 16.7. The Labute approximate surface area is 112 Å². The molecule has 102 valence electrons. The van der Waals surface area contributed by atoms with E-state index >= 15 is 0 Å². The van der Waals surface area contributed by atoms with Crippen molar-refractivity contribution in [3.63, 3.8) is 0 Å². The number of hydrogen-bond acceptors (Lipinski definition) is 3. The molecule has 1 saturated carbocycles. The largest absolute Gasteiger partial charge is 0.368 e. The maximum Gasteiger partial charge on any atom is 0.254 e. The maximum atomic E-state index is 12.4. The Kier molecular flexibility index (Phi) is 4.16. The second-order valence-electron chi connectivity index (χ2n) is 4.84. The maximum absolute atomic E-state index is 12.4. The first-order valence-electron chi connectivity index (χ1n) is 6.41. The van der Waals surface area contributed by atoms with Crippen LogP contribution in [0, 0.1) is 0 Å². The van der Waals surface area contributed by atoms with Crippen molar-refractivity contribution in [3.05, 3.63) is 35.9 Å². The Morgan fingerprint density at radius 2 is 1.84 bits per heavy atom. The molecular formula is C14H18N2O3. The lowest BCUT2D eigenvalue weighted by Crippen LogP contribution is -2.43. The Morgan fingerprint density at radius 1 is 1.21 bits per heavy atom. The van der Waals surface area contributed by atoms with Crippen molar-refractivity contribution in [3.8, 4) is 0 Å². The van der Waals surface area contributed by atoms with Gasteiger partial charge in [-0.25, -0.2) is 5.48 Å². The van der Waals surface area contributed by atoms with E-state index in [9.17, 15) is 9.59 Å². The van der Waals surface area contributed by atoms with E-state index in [4.69, 9.17) is 10.6 Å². The van der Waals surface area contributed by atoms with Gasteiger partial charge in [-0.2, -0.15) is 0 Å². The summed E-state index contributed by atoms with van der Waals surface area (Å²) in [6.45, 7) is -0.309. The third-order valence-corrected chi connectivity index (χ3v) is 3.60. The van der Waals surface area contributed by atoms with Crippen LogP contribution in [-0.2, 0) is 19.8 Å². The van der Waals surface area contributed by atoms with Crippen LogP contribution in [0.4, 0.5) is 0 Å². The van der Waals surface area contributed by atoms with Crippen molar-refractivity contribution in [2.24, 2.45) is 5.73 Å². The zero-order valence-electron chi connectivity index (χ0n) is 10.7. The van der Waals surface area contributed by atoms with Crippen LogP contribution in [0.1, 0.15) is 31.2 Å². The minimum Gasteiger partial charge on any atom is -0.368 e. The predicted molar refractivity (Wildman–Crippen MR) is 69.9 cm³/mol. The SMILES string of the molecule is NC(=O)CONC(=O)C1(c2ccccc2)CCCC1. The highest BCUT2D eigenvalue weighted by molar-refractivity contribution is 5.88. The molecule has 0 aromatic heterocycles. The molecule has 5 nitrogen and oxygen atoms in total. The molecule has 5 heteroatoms. The summed E-state index contributed by atoms with van der Waals surface area (Å²) in [6.07, 6.45) is 3.61. The zero-order chi connectivity index (χ0) is 13.7. The van der Waals surface area contributed by atoms with Crippen molar-refractivity contribution in [1.29, 1.82) is 0 Å². The van der Waals surface area contributed by atoms with Crippen LogP contribution in [0.25, 0.3) is 0 Å². The number of nitrogens with one attached hydrogen (secondary N) is 1. The third-order valence-electron chi connectivity index (χ3n) is 3.60. The number of hydrogen-bond donors (Lipinski definition) is 2. The number of carbonyl (C=O) groups is 2. The monoisotopic (exact) mass is 262 g/mol. The van der Waals surface area contributed by atoms with Gasteiger partial charge >= 0.3 is 0 Å². The molecule has 1 aromatic carbocycles. The molecule has 0 saturated heterocycles. The third kappa shape index (κ3) is 2.93. The smallest absolute Gasteiger partial charge is 0.254 e. The average Bonchev–Trinajstić information content (AvgIpc) is 2.90. The fourth-order valence-electron chi connectivity index (χ4n) is 2.65. The lowest BCUT2D eigenvalue weighted by atomic mass is 9.78. The first-order valence-corrected chi connectivity index (χ1v) is 6.41. The van der Waals surface area contributed by atoms with Crippen LogP contribution in [0.5, 0.6) is 0 Å². The zero-order valence-corrected chi connectivity index (χ0v) is 10.7. The Bertz CT molecular complexity index is 453. The van der Waals surface area contributed by atoms with Crippen LogP contribution >= 0.6 is 0 Å². The van der Waals surface area contributed by atoms with Crippen molar-refractivity contribution in [1.82, 2.24) is 5.48 Å². The van der Waals surface area contributed by atoms with Gasteiger partial charge in [0.1, 0.15) is 0 Å². The first kappa shape index (κ1) is 13.5. The van der Waals surface area contributed by atoms with Crippen molar-refractivity contribution in [2.45, 2.75) is 31.1 Å². The van der Waals surface area contributed by atoms with Gasteiger partial charge in [0.2, 0.25) is 5.91 Å². The van der Waals surface area contributed by atoms with Gasteiger partial charge in [0, 0.05) is 0 Å². The second-order valence-corrected chi connectivity index (χ2v) is 4.84. The van der Waals surface area contributed by atoms with Gasteiger partial charge in [-0.3, -0.25) is 14.4 Å². The van der Waals surface area contributed by atoms with E-state index in [-0.39, 0.29) is 12.5 Å². The minimum atomic E-state index is -0.611. The summed E-state index contributed by atoms with van der Waals surface area (Å²) in [6, 6.07) is 9.69. The van der Waals surface area contributed by atoms with E-state index in [2.05, 4.69) is 5.48 Å². The number of carbonyl (C=O) groups excluding carboxylic acids is 2. The quantitative estimate of drug-likeness (QED) is 0.778. The summed E-state index contributed by atoms with van der Waals surface area (Å²) in [5.41, 5.74) is 7.77. The molecule has 1 fully saturated rings. The molecule has 0 spiro atoms. The fourth-order valence-corrected chi connectivity index (χ4v) is 2.65. The van der Waals surface area contributed by atoms with Crippen LogP contribution in [0.15, 0.2) is 30.3 Å². The highest BCUT2D eigenvalue weighted by Crippen LogP contribution is 2.41. The van der Waals surface area contributed by atoms with Gasteiger partial charge in [-0.1, -0.05) is 43.2 Å². The van der Waals surface area contributed by atoms with Crippen LogP contribution in [0.2, 0.25) is 0 Å². The highest BCUT2D eigenvalue weighted by Gasteiger charge is 2.42. The van der Waals surface area contributed by atoms with Crippen LogP contribution in [0.3, 0.4) is 0 Å². The predicted octanol–water partition coefficient (Wildman–Crippen LogP) is 1.03. The molecule has 0 bridgehead atoms. The number of nitrogens with two attached hydrogens (primary N) is 1. The molecule has 0 radical (unpaired) electrons. The fraction of sp³-hybridized carbons (Fsp3) is 0.429. The topological polar surface area (TPSA) is 81.4 Å². The van der Waals surface area contributed by atoms with E-state index in [0.717, 1.165) is 31.2 Å². The summed E-state index contributed by atoms with van der Waals surface area (Å²) < 4.78 is 0. The summed E-state index contributed by atoms with van der Waals surface area (Å²) in [5, 5.41) is 0. The van der Waals surface area contributed by atoms with Crippen LogP contribution in [-0.4, -0.2) is 18.4 Å². The second kappa shape index (κ2) is 5.84. The van der Waals surface area contributed by atoms with E-state index in [0.29, 0.717) is 0 Å². The van der Waals surface area contributed by atoms with Gasteiger partial charge in [0.05, 0.1) is 5.41 Å². The van der Waals surface area contributed by atoms with E-state index < -0.39 is 11.3 Å². The molecule has 1 aliphatic rings. The van der Waals surface area contributed by atoms with Gasteiger partial charge in [0.15, 0.2) is 6.61 Å². The number of primary amides is 1. The molecule has 1 aliphatic carbocycles. The van der Waals surface area contributed by atoms with Crippen molar-refractivity contribution in [2.75, 3.05) is 6.61 Å². The van der Waals surface area contributed by atoms with Gasteiger partial charge in [-0.15, -0.1) is 0 Å². The average molecular weight is 262 g/mol. The molecule has 2 amide bonds. The number of rotatable bonds is 5. The summed E-state index contributed by atoms with van der Waals surface area (Å²) >= 11 is 0. The molecule has 19 heavy (non-hydrogen) atoms. The molecule has 3 N–H and O–H groups in total. The molecule has 1 aromatic rings. The summed E-state index contributed by atoms with van der Waals surface area (Å²) in [7, 11) is 0. The van der Waals surface area contributed by atoms with Crippen molar-refractivity contribution >= 4 is 11.8 Å². The number of amides is 2. The first-order chi connectivity index (χ1) is 9.15. The van der Waals surface area contributed by atoms with Crippen LogP contribution < -0.4 is 11.2 Å². The lowest BCUT2D eigenvalue weighted by Gasteiger charge is -2.27. The molecule has 0 heterocycles. The molecule has 2 rings (SSSR count). The Morgan fingerprint density at radius 3 is 2.42 bits per heavy atom. The van der Waals surface area contributed by atoms with E-state index in [1.165, 1.54) is 0 Å². The van der Waals surface area contributed by atoms with Gasteiger partial charge in [-0.05, 0) is 18.4 Å². The molecule has 0 atom stereocenters. The van der Waals surface area contributed by atoms with Crippen molar-refractivity contribution < 1.29 is 14.4 Å². The molecule has 0 aliphatic heterocycles. The number of benzene rings is 1. The summed E-state index contributed by atoms with van der Waals surface area (Å²) in [5.74, 6) is -0.807. The lowest BCUT2D eigenvalue weighted by molar-refractivity contribution is -0.142. The number of hydroxylamine groups is 1. The molecule has 0 unspecified atom stereocenters. The van der Waals surface area contributed by atoms with Gasteiger partial charge < -0.3 is 5.73 Å². The minimum absolute atomic E-state index is 0.197. The molecular weight excluding hydrogens is 244 g/mol. The van der Waals surface area contributed by atoms with E-state index in [1.54, 1.807) is 0 Å². The Hall–Kier alpha value is -1.88. The standard InChI is InChI=1S/C14H18N2O3/c15-12(17)10-19-16-13(18)14(8-4-5-9-14)11-6-2-1-3-7-11/h1-3,6-7H,4-5,8-10H2,(H2,15,17)(H,16,18). The Balaban J connectivity index is 2.11. The summed E-state index contributed by atoms with van der Waals surface area (Å²) in [4.78, 5) is 27.8. The van der Waals surface area contributed by atoms with Gasteiger partial charge in [0.25, 0.3) is 5.91 Å². The normalized spacial score (nSPS) is 17.1. The van der Waals surface area contributed by atoms with E-state index in [1.807, 2.05) is 30.3 Å².